The maximum Gasteiger partial charge on any atom is 0.0490 e. The molecule has 0 atom stereocenters. The molecule has 0 saturated heterocycles. The normalized spacial score (nSPS) is 11.4. The molecule has 4 rings (SSSR count). The van der Waals surface area contributed by atoms with Crippen molar-refractivity contribution < 1.29 is 0 Å². The van der Waals surface area contributed by atoms with E-state index in [0.717, 1.165) is 11.4 Å². The molecule has 0 aromatic heterocycles. The van der Waals surface area contributed by atoms with E-state index in [1.165, 1.54) is 39.1 Å². The molecule has 31 heavy (non-hydrogen) atoms. The number of rotatable bonds is 5. The molecule has 0 N–H and O–H groups in total. The largest absolute Gasteiger partial charge is 0.310 e. The summed E-state index contributed by atoms with van der Waals surface area (Å²) in [4.78, 5) is 2.33. The van der Waals surface area contributed by atoms with Crippen LogP contribution >= 0.6 is 0 Å². The van der Waals surface area contributed by atoms with Gasteiger partial charge < -0.3 is 4.90 Å². The average molecular weight is 404 g/mol. The van der Waals surface area contributed by atoms with Crippen LogP contribution < -0.4 is 4.90 Å². The lowest BCUT2D eigenvalue weighted by Crippen LogP contribution is -2.11. The third-order valence-corrected chi connectivity index (χ3v) is 5.65. The zero-order valence-electron chi connectivity index (χ0n) is 18.8. The van der Waals surface area contributed by atoms with Gasteiger partial charge in [-0.25, -0.2) is 0 Å². The van der Waals surface area contributed by atoms with Crippen LogP contribution in [0.15, 0.2) is 97.1 Å². The van der Waals surface area contributed by atoms with Crippen LogP contribution in [0, 0.1) is 20.8 Å². The summed E-state index contributed by atoms with van der Waals surface area (Å²) in [5, 5.41) is 0. The first kappa shape index (κ1) is 20.7. The van der Waals surface area contributed by atoms with Crippen LogP contribution in [0.1, 0.15) is 34.7 Å². The molecule has 0 amide bonds. The lowest BCUT2D eigenvalue weighted by atomic mass is 10.0. The van der Waals surface area contributed by atoms with Crippen LogP contribution in [0.25, 0.3) is 11.6 Å². The Morgan fingerprint density at radius 2 is 1.26 bits per heavy atom. The fraction of sp³-hybridized carbons (Fsp3) is 0.133. The number of nitrogens with zero attached hydrogens (tertiary/aromatic N) is 1. The minimum atomic E-state index is 1.16. The molecule has 0 spiro atoms. The predicted octanol–water partition coefficient (Wildman–Crippen LogP) is 8.64. The molecule has 0 bridgehead atoms. The van der Waals surface area contributed by atoms with Gasteiger partial charge in [0, 0.05) is 17.1 Å². The summed E-state index contributed by atoms with van der Waals surface area (Å²) in [6.07, 6.45) is 2.24. The number of hydrogen-bond acceptors (Lipinski definition) is 1. The van der Waals surface area contributed by atoms with E-state index in [-0.39, 0.29) is 0 Å². The van der Waals surface area contributed by atoms with Gasteiger partial charge in [0.25, 0.3) is 0 Å². The molecule has 0 radical (unpaired) electrons. The van der Waals surface area contributed by atoms with Crippen molar-refractivity contribution in [1.29, 1.82) is 0 Å². The van der Waals surface area contributed by atoms with Gasteiger partial charge in [0.2, 0.25) is 0 Å². The molecule has 0 aliphatic rings. The van der Waals surface area contributed by atoms with Crippen molar-refractivity contribution in [1.82, 2.24) is 0 Å². The lowest BCUT2D eigenvalue weighted by Gasteiger charge is -2.27. The zero-order chi connectivity index (χ0) is 21.8. The molecule has 0 saturated carbocycles. The summed E-state index contributed by atoms with van der Waals surface area (Å²) in [6, 6.07) is 34.7. The van der Waals surface area contributed by atoms with Crippen molar-refractivity contribution >= 4 is 28.7 Å². The van der Waals surface area contributed by atoms with Gasteiger partial charge in [0.05, 0.1) is 0 Å². The van der Waals surface area contributed by atoms with Gasteiger partial charge in [-0.1, -0.05) is 83.9 Å². The standard InChI is InChI=1S/C30H29N/c1-22-10-13-26(14-11-22)21-24(3)27-15-17-29(18-16-27)31(28-8-6-5-7-9-28)30-19-12-23(2)20-25(30)4/h5-21H,1-4H3. The zero-order valence-corrected chi connectivity index (χ0v) is 18.8. The highest BCUT2D eigenvalue weighted by Gasteiger charge is 2.14. The van der Waals surface area contributed by atoms with Crippen LogP contribution in [0.4, 0.5) is 17.1 Å². The third kappa shape index (κ3) is 4.78. The first-order valence-electron chi connectivity index (χ1n) is 10.8. The molecular formula is C30H29N. The third-order valence-electron chi connectivity index (χ3n) is 5.65. The molecule has 0 aliphatic carbocycles. The van der Waals surface area contributed by atoms with Gasteiger partial charge in [-0.3, -0.25) is 0 Å². The Morgan fingerprint density at radius 1 is 0.645 bits per heavy atom. The topological polar surface area (TPSA) is 3.24 Å². The lowest BCUT2D eigenvalue weighted by molar-refractivity contribution is 1.24. The van der Waals surface area contributed by atoms with E-state index in [0.29, 0.717) is 0 Å². The second kappa shape index (κ2) is 9.06. The Labute approximate surface area is 186 Å². The molecule has 154 valence electrons. The van der Waals surface area contributed by atoms with E-state index in [4.69, 9.17) is 0 Å². The van der Waals surface area contributed by atoms with E-state index in [1.54, 1.807) is 0 Å². The first-order valence-corrected chi connectivity index (χ1v) is 10.8. The Bertz CT molecular complexity index is 1180. The number of anilines is 3. The molecular weight excluding hydrogens is 374 g/mol. The van der Waals surface area contributed by atoms with E-state index >= 15 is 0 Å². The van der Waals surface area contributed by atoms with Crippen LogP contribution in [0.5, 0.6) is 0 Å². The van der Waals surface area contributed by atoms with Gasteiger partial charge >= 0.3 is 0 Å². The number of hydrogen-bond donors (Lipinski definition) is 0. The Hall–Kier alpha value is -3.58. The van der Waals surface area contributed by atoms with E-state index in [9.17, 15) is 0 Å². The summed E-state index contributed by atoms with van der Waals surface area (Å²) in [5.74, 6) is 0. The monoisotopic (exact) mass is 403 g/mol. The Kier molecular flexibility index (Phi) is 6.04. The summed E-state index contributed by atoms with van der Waals surface area (Å²) < 4.78 is 0. The Balaban J connectivity index is 1.70. The molecule has 0 heterocycles. The van der Waals surface area contributed by atoms with Crippen LogP contribution in [0.3, 0.4) is 0 Å². The van der Waals surface area contributed by atoms with Gasteiger partial charge in [-0.05, 0) is 80.3 Å². The minimum Gasteiger partial charge on any atom is -0.310 e. The number of aryl methyl sites for hydroxylation is 3. The van der Waals surface area contributed by atoms with Crippen molar-refractivity contribution in [3.05, 3.63) is 125 Å². The molecule has 4 aromatic rings. The maximum atomic E-state index is 2.33. The number of allylic oxidation sites excluding steroid dienone is 1. The van der Waals surface area contributed by atoms with Gasteiger partial charge in [-0.15, -0.1) is 0 Å². The Morgan fingerprint density at radius 3 is 1.90 bits per heavy atom. The van der Waals surface area contributed by atoms with Crippen molar-refractivity contribution in [3.8, 4) is 0 Å². The van der Waals surface area contributed by atoms with Gasteiger partial charge in [-0.2, -0.15) is 0 Å². The summed E-state index contributed by atoms with van der Waals surface area (Å²) >= 11 is 0. The maximum absolute atomic E-state index is 2.33. The van der Waals surface area contributed by atoms with E-state index in [2.05, 4.69) is 136 Å². The first-order chi connectivity index (χ1) is 15.0. The number of benzene rings is 4. The summed E-state index contributed by atoms with van der Waals surface area (Å²) in [6.45, 7) is 8.62. The second-order valence-electron chi connectivity index (χ2n) is 8.25. The van der Waals surface area contributed by atoms with Crippen molar-refractivity contribution in [2.45, 2.75) is 27.7 Å². The fourth-order valence-corrected chi connectivity index (χ4v) is 3.93. The quantitative estimate of drug-likeness (QED) is 0.301. The molecule has 0 fully saturated rings. The van der Waals surface area contributed by atoms with E-state index in [1.807, 2.05) is 0 Å². The highest BCUT2D eigenvalue weighted by molar-refractivity contribution is 5.83. The smallest absolute Gasteiger partial charge is 0.0490 e. The SMILES string of the molecule is CC(=Cc1ccc(C)cc1)c1ccc(N(c2ccccc2)c2ccc(C)cc2C)cc1. The predicted molar refractivity (Wildman–Crippen MR) is 135 cm³/mol. The molecule has 4 aromatic carbocycles. The average Bonchev–Trinajstić information content (AvgIpc) is 2.78. The van der Waals surface area contributed by atoms with Gasteiger partial charge in [0.1, 0.15) is 0 Å². The summed E-state index contributed by atoms with van der Waals surface area (Å²) in [5.41, 5.74) is 11.1. The highest BCUT2D eigenvalue weighted by atomic mass is 15.1. The van der Waals surface area contributed by atoms with E-state index < -0.39 is 0 Å². The minimum absolute atomic E-state index is 1.16. The van der Waals surface area contributed by atoms with Crippen LogP contribution in [0.2, 0.25) is 0 Å². The van der Waals surface area contributed by atoms with Crippen molar-refractivity contribution in [2.24, 2.45) is 0 Å². The fourth-order valence-electron chi connectivity index (χ4n) is 3.93. The van der Waals surface area contributed by atoms with Crippen LogP contribution in [-0.2, 0) is 0 Å². The second-order valence-corrected chi connectivity index (χ2v) is 8.25. The van der Waals surface area contributed by atoms with Crippen molar-refractivity contribution in [2.75, 3.05) is 4.90 Å². The number of para-hydroxylation sites is 1. The van der Waals surface area contributed by atoms with Gasteiger partial charge in [0.15, 0.2) is 0 Å². The molecule has 1 nitrogen and oxygen atoms in total. The summed E-state index contributed by atoms with van der Waals surface area (Å²) in [7, 11) is 0. The van der Waals surface area contributed by atoms with Crippen molar-refractivity contribution in [3.63, 3.8) is 0 Å². The highest BCUT2D eigenvalue weighted by Crippen LogP contribution is 2.37. The van der Waals surface area contributed by atoms with Crippen LogP contribution in [-0.4, -0.2) is 0 Å². The molecule has 0 aliphatic heterocycles. The molecule has 0 unspecified atom stereocenters. The molecule has 1 heteroatoms.